The molecule has 2 fully saturated rings. The number of carbonyl (C=O) groups excluding carboxylic acids is 1. The maximum atomic E-state index is 13.4. The second kappa shape index (κ2) is 14.5. The summed E-state index contributed by atoms with van der Waals surface area (Å²) in [5.41, 5.74) is -2.77. The molecule has 1 aromatic rings. The van der Waals surface area contributed by atoms with Gasteiger partial charge in [-0.1, -0.05) is 18.1 Å². The van der Waals surface area contributed by atoms with E-state index in [-0.39, 0.29) is 35.9 Å². The maximum absolute atomic E-state index is 13.4. The normalized spacial score (nSPS) is 19.9. The second-order valence-corrected chi connectivity index (χ2v) is 9.98. The van der Waals surface area contributed by atoms with E-state index in [0.717, 1.165) is 17.8 Å². The molecule has 0 spiro atoms. The second-order valence-electron chi connectivity index (χ2n) is 8.96. The molecule has 0 bridgehead atoms. The fourth-order valence-electron chi connectivity index (χ4n) is 3.84. The quantitative estimate of drug-likeness (QED) is 0.227. The van der Waals surface area contributed by atoms with E-state index in [9.17, 15) is 40.7 Å². The van der Waals surface area contributed by atoms with E-state index < -0.39 is 47.6 Å². The summed E-state index contributed by atoms with van der Waals surface area (Å²) in [6, 6.07) is 1.76. The first-order chi connectivity index (χ1) is 19.4. The molecule has 230 valence electrons. The molecule has 2 atom stereocenters. The van der Waals surface area contributed by atoms with E-state index in [4.69, 9.17) is 26.8 Å². The Morgan fingerprint density at radius 3 is 2.14 bits per heavy atom. The molecule has 2 aliphatic heterocycles. The number of amidine groups is 1. The summed E-state index contributed by atoms with van der Waals surface area (Å²) in [5, 5.41) is 34.9. The average Bonchev–Trinajstić information content (AvgIpc) is 3.25. The molecule has 10 nitrogen and oxygen atoms in total. The Bertz CT molecular complexity index is 1250. The molecule has 2 heterocycles. The van der Waals surface area contributed by atoms with Crippen molar-refractivity contribution < 1.29 is 61.2 Å². The summed E-state index contributed by atoms with van der Waals surface area (Å²) in [6.45, 7) is 0.964. The molecule has 2 unspecified atom stereocenters. The van der Waals surface area contributed by atoms with Gasteiger partial charge in [-0.05, 0) is 61.3 Å². The maximum Gasteiger partial charge on any atom is 0.416 e. The van der Waals surface area contributed by atoms with E-state index in [1.807, 2.05) is 6.08 Å². The van der Waals surface area contributed by atoms with Crippen molar-refractivity contribution in [3.8, 4) is 12.3 Å². The summed E-state index contributed by atoms with van der Waals surface area (Å²) in [5.74, 6) is -0.666. The number of amides is 1. The Labute approximate surface area is 239 Å². The third-order valence-corrected chi connectivity index (χ3v) is 6.78. The lowest BCUT2D eigenvalue weighted by Gasteiger charge is -2.31. The van der Waals surface area contributed by atoms with Gasteiger partial charge in [0.25, 0.3) is 5.24 Å². The molecular formula is C25H25F6N3O7S. The minimum atomic E-state index is -4.88. The number of benzene rings is 1. The topological polar surface area (TPSA) is 160 Å². The smallest absolute Gasteiger partial charge is 0.416 e. The SMILES string of the molecule is C#CCN=C1NC(=O)SC1=CC1CCN(Cc2ccc(C(F)(F)F)cc2C(F)(F)F)CC1.O=C(O)C(O)C(O)C(=O)O. The predicted octanol–water partition coefficient (Wildman–Crippen LogP) is 3.19. The molecule has 1 aromatic carbocycles. The van der Waals surface area contributed by atoms with E-state index in [1.54, 1.807) is 4.90 Å². The third-order valence-electron chi connectivity index (χ3n) is 5.95. The Hall–Kier alpha value is -3.59. The van der Waals surface area contributed by atoms with Gasteiger partial charge in [0, 0.05) is 6.54 Å². The van der Waals surface area contributed by atoms with Gasteiger partial charge in [0.05, 0.1) is 16.0 Å². The van der Waals surface area contributed by atoms with E-state index in [0.29, 0.717) is 42.7 Å². The van der Waals surface area contributed by atoms with Crippen LogP contribution in [0.4, 0.5) is 31.1 Å². The van der Waals surface area contributed by atoms with Gasteiger partial charge in [-0.25, -0.2) is 9.59 Å². The lowest BCUT2D eigenvalue weighted by atomic mass is 9.95. The first kappa shape index (κ1) is 34.6. The number of aliphatic hydroxyl groups is 2. The predicted molar refractivity (Wildman–Crippen MR) is 137 cm³/mol. The van der Waals surface area contributed by atoms with Crippen LogP contribution in [0.2, 0.25) is 0 Å². The molecule has 2 saturated heterocycles. The van der Waals surface area contributed by atoms with Crippen molar-refractivity contribution >= 4 is 34.8 Å². The zero-order valence-electron chi connectivity index (χ0n) is 21.4. The highest BCUT2D eigenvalue weighted by Crippen LogP contribution is 2.38. The van der Waals surface area contributed by atoms with Gasteiger partial charge in [0.1, 0.15) is 12.4 Å². The molecule has 2 aliphatic rings. The van der Waals surface area contributed by atoms with Crippen molar-refractivity contribution in [2.45, 2.75) is 43.9 Å². The third kappa shape index (κ3) is 10.0. The molecule has 0 saturated carbocycles. The number of carboxylic acids is 2. The minimum Gasteiger partial charge on any atom is -0.479 e. The number of carboxylic acid groups (broad SMARTS) is 2. The molecule has 3 rings (SSSR count). The van der Waals surface area contributed by atoms with E-state index in [2.05, 4.69) is 16.2 Å². The van der Waals surface area contributed by atoms with Crippen molar-refractivity contribution in [2.24, 2.45) is 10.9 Å². The number of alkyl halides is 6. The Morgan fingerprint density at radius 2 is 1.67 bits per heavy atom. The fraction of sp³-hybridized carbons (Fsp3) is 0.440. The molecular weight excluding hydrogens is 600 g/mol. The minimum absolute atomic E-state index is 0.0900. The van der Waals surface area contributed by atoms with Crippen LogP contribution in [0, 0.1) is 18.3 Å². The number of aliphatic hydroxyl groups excluding tert-OH is 2. The molecule has 0 aromatic heterocycles. The Balaban J connectivity index is 0.000000528. The number of carbonyl (C=O) groups is 3. The first-order valence-corrected chi connectivity index (χ1v) is 12.8. The van der Waals surface area contributed by atoms with Gasteiger partial charge in [-0.2, -0.15) is 26.3 Å². The summed E-state index contributed by atoms with van der Waals surface area (Å²) >= 11 is 1.01. The Kier molecular flexibility index (Phi) is 12.0. The van der Waals surface area contributed by atoms with Gasteiger partial charge in [-0.15, -0.1) is 6.42 Å². The molecule has 17 heteroatoms. The van der Waals surface area contributed by atoms with Gasteiger partial charge in [0.15, 0.2) is 12.2 Å². The standard InChI is InChI=1S/C21H19F6N3OS.C4H6O6/c1-2-7-28-18-17(32-19(31)29-18)10-13-5-8-30(9-6-13)12-14-3-4-15(20(22,23)24)11-16(14)21(25,26)27;5-1(3(7)8)2(6)4(9)10/h1,3-4,10-11,13H,5-9,12H2,(H,28,29,31);1-2,5-6H,(H,7,8)(H,9,10). The van der Waals surface area contributed by atoms with E-state index in [1.165, 1.54) is 0 Å². The van der Waals surface area contributed by atoms with Crippen LogP contribution < -0.4 is 5.32 Å². The number of aliphatic carboxylic acids is 2. The highest BCUT2D eigenvalue weighted by Gasteiger charge is 2.38. The van der Waals surface area contributed by atoms with Crippen molar-refractivity contribution in [1.29, 1.82) is 0 Å². The number of terminal acetylenes is 1. The van der Waals surface area contributed by atoms with Crippen LogP contribution >= 0.6 is 11.8 Å². The largest absolute Gasteiger partial charge is 0.479 e. The van der Waals surface area contributed by atoms with Crippen molar-refractivity contribution in [3.05, 3.63) is 45.9 Å². The average molecular weight is 626 g/mol. The summed E-state index contributed by atoms with van der Waals surface area (Å²) in [6.07, 6.45) is -5.91. The van der Waals surface area contributed by atoms with Crippen LogP contribution in [0.1, 0.15) is 29.5 Å². The number of aliphatic imine (C=N–C) groups is 1. The van der Waals surface area contributed by atoms with Crippen molar-refractivity contribution in [1.82, 2.24) is 10.2 Å². The number of likely N-dealkylation sites (tertiary alicyclic amines) is 1. The lowest BCUT2D eigenvalue weighted by Crippen LogP contribution is -2.39. The molecule has 5 N–H and O–H groups in total. The fourth-order valence-corrected chi connectivity index (χ4v) is 4.66. The van der Waals surface area contributed by atoms with Crippen LogP contribution in [-0.4, -0.2) is 80.2 Å². The zero-order chi connectivity index (χ0) is 31.8. The summed E-state index contributed by atoms with van der Waals surface area (Å²) in [7, 11) is 0. The van der Waals surface area contributed by atoms with Crippen molar-refractivity contribution in [2.75, 3.05) is 19.6 Å². The van der Waals surface area contributed by atoms with Gasteiger partial charge < -0.3 is 25.7 Å². The number of nitrogens with one attached hydrogen (secondary N) is 1. The van der Waals surface area contributed by atoms with Gasteiger partial charge in [-0.3, -0.25) is 14.7 Å². The lowest BCUT2D eigenvalue weighted by molar-refractivity contribution is -0.165. The number of nitrogens with zero attached hydrogens (tertiary/aromatic N) is 2. The number of piperidine rings is 1. The molecule has 0 aliphatic carbocycles. The first-order valence-electron chi connectivity index (χ1n) is 11.9. The van der Waals surface area contributed by atoms with Gasteiger partial charge in [0.2, 0.25) is 0 Å². The summed E-state index contributed by atoms with van der Waals surface area (Å²) < 4.78 is 78.6. The Morgan fingerprint density at radius 1 is 1.10 bits per heavy atom. The molecule has 42 heavy (non-hydrogen) atoms. The molecule has 0 radical (unpaired) electrons. The number of halogens is 6. The monoisotopic (exact) mass is 625 g/mol. The zero-order valence-corrected chi connectivity index (χ0v) is 22.3. The van der Waals surface area contributed by atoms with Crippen LogP contribution in [0.3, 0.4) is 0 Å². The number of rotatable bonds is 7. The van der Waals surface area contributed by atoms with Crippen LogP contribution in [0.15, 0.2) is 34.2 Å². The van der Waals surface area contributed by atoms with Crippen LogP contribution in [0.25, 0.3) is 0 Å². The highest BCUT2D eigenvalue weighted by atomic mass is 32.2. The number of thioether (sulfide) groups is 1. The van der Waals surface area contributed by atoms with Crippen molar-refractivity contribution in [3.63, 3.8) is 0 Å². The van der Waals surface area contributed by atoms with Gasteiger partial charge >= 0.3 is 24.3 Å². The number of hydrogen-bond acceptors (Lipinski definition) is 8. The number of allylic oxidation sites excluding steroid dienone is 1. The highest BCUT2D eigenvalue weighted by molar-refractivity contribution is 8.18. The molecule has 1 amide bonds. The van der Waals surface area contributed by atoms with Crippen LogP contribution in [-0.2, 0) is 28.5 Å². The number of hydrogen-bond donors (Lipinski definition) is 5. The van der Waals surface area contributed by atoms with Crippen LogP contribution in [0.5, 0.6) is 0 Å². The summed E-state index contributed by atoms with van der Waals surface area (Å²) in [4.78, 5) is 37.8. The van der Waals surface area contributed by atoms with E-state index >= 15 is 0 Å².